The molecule has 2 aromatic heterocycles. The van der Waals surface area contributed by atoms with Crippen LogP contribution >= 0.6 is 23.1 Å². The lowest BCUT2D eigenvalue weighted by atomic mass is 9.88. The van der Waals surface area contributed by atoms with Crippen LogP contribution in [0.4, 0.5) is 5.00 Å². The smallest absolute Gasteiger partial charge is 0.341 e. The number of carbonyl (C=O) groups excluding carboxylic acids is 2. The summed E-state index contributed by atoms with van der Waals surface area (Å²) in [5.41, 5.74) is 1.58. The van der Waals surface area contributed by atoms with Crippen molar-refractivity contribution in [3.8, 4) is 0 Å². The van der Waals surface area contributed by atoms with Crippen LogP contribution in [0.5, 0.6) is 0 Å². The first-order valence-electron chi connectivity index (χ1n) is 11.3. The van der Waals surface area contributed by atoms with Gasteiger partial charge in [0.25, 0.3) is 0 Å². The van der Waals surface area contributed by atoms with Gasteiger partial charge in [0.05, 0.1) is 17.4 Å². The van der Waals surface area contributed by atoms with Crippen LogP contribution < -0.4 is 5.32 Å². The van der Waals surface area contributed by atoms with Crippen LogP contribution in [0, 0.1) is 5.92 Å². The number of fused-ring (bicyclic) bond motifs is 1. The third-order valence-corrected chi connectivity index (χ3v) is 8.13. The molecule has 4 rings (SSSR count). The maximum atomic E-state index is 13.1. The average molecular weight is 475 g/mol. The lowest BCUT2D eigenvalue weighted by Gasteiger charge is -2.18. The summed E-state index contributed by atoms with van der Waals surface area (Å²) in [4.78, 5) is 27.0. The number of nitrogens with zero attached hydrogens (tertiary/aromatic N) is 3. The molecule has 2 heterocycles. The highest BCUT2D eigenvalue weighted by Gasteiger charge is 2.32. The van der Waals surface area contributed by atoms with Crippen LogP contribution in [-0.4, -0.2) is 38.5 Å². The van der Waals surface area contributed by atoms with E-state index in [2.05, 4.69) is 29.0 Å². The highest BCUT2D eigenvalue weighted by Crippen LogP contribution is 2.42. The molecule has 7 nitrogen and oxygen atoms in total. The second-order valence-electron chi connectivity index (χ2n) is 8.54. The van der Waals surface area contributed by atoms with Crippen LogP contribution in [0.15, 0.2) is 17.8 Å². The van der Waals surface area contributed by atoms with Gasteiger partial charge in [-0.25, -0.2) is 4.79 Å². The Bertz CT molecular complexity index is 1020. The van der Waals surface area contributed by atoms with E-state index in [0.717, 1.165) is 48.6 Å². The maximum Gasteiger partial charge on any atom is 0.341 e. The fourth-order valence-corrected chi connectivity index (χ4v) is 6.28. The highest BCUT2D eigenvalue weighted by atomic mass is 32.2. The number of aromatic nitrogens is 3. The molecular weight excluding hydrogens is 444 g/mol. The van der Waals surface area contributed by atoms with E-state index in [0.29, 0.717) is 35.6 Å². The minimum absolute atomic E-state index is 0.159. The lowest BCUT2D eigenvalue weighted by molar-refractivity contribution is -0.115. The molecule has 32 heavy (non-hydrogen) atoms. The molecule has 2 aromatic rings. The molecule has 0 radical (unpaired) electrons. The summed E-state index contributed by atoms with van der Waals surface area (Å²) >= 11 is 2.89. The summed E-state index contributed by atoms with van der Waals surface area (Å²) in [5, 5.41) is 12.6. The van der Waals surface area contributed by atoms with Gasteiger partial charge < -0.3 is 14.6 Å². The van der Waals surface area contributed by atoms with E-state index >= 15 is 0 Å². The molecule has 2 atom stereocenters. The third kappa shape index (κ3) is 4.78. The van der Waals surface area contributed by atoms with E-state index in [-0.39, 0.29) is 11.9 Å². The number of hydrogen-bond acceptors (Lipinski definition) is 7. The van der Waals surface area contributed by atoms with E-state index in [1.807, 2.05) is 17.6 Å². The van der Waals surface area contributed by atoms with Crippen molar-refractivity contribution in [3.63, 3.8) is 0 Å². The van der Waals surface area contributed by atoms with Crippen molar-refractivity contribution in [2.75, 3.05) is 11.9 Å². The van der Waals surface area contributed by atoms with Crippen LogP contribution in [0.25, 0.3) is 0 Å². The van der Waals surface area contributed by atoms with Gasteiger partial charge in [0.1, 0.15) is 10.8 Å². The van der Waals surface area contributed by atoms with Crippen LogP contribution in [0.2, 0.25) is 0 Å². The summed E-state index contributed by atoms with van der Waals surface area (Å²) in [6.45, 7) is 10.6. The van der Waals surface area contributed by atoms with E-state index in [1.54, 1.807) is 6.92 Å². The van der Waals surface area contributed by atoms with Crippen molar-refractivity contribution < 1.29 is 14.3 Å². The number of carbonyl (C=O) groups is 2. The van der Waals surface area contributed by atoms with Gasteiger partial charge in [-0.2, -0.15) is 0 Å². The van der Waals surface area contributed by atoms with E-state index in [4.69, 9.17) is 4.74 Å². The van der Waals surface area contributed by atoms with Crippen molar-refractivity contribution in [1.29, 1.82) is 0 Å². The summed E-state index contributed by atoms with van der Waals surface area (Å²) in [7, 11) is 0. The zero-order valence-electron chi connectivity index (χ0n) is 18.8. The van der Waals surface area contributed by atoms with Gasteiger partial charge in [0.15, 0.2) is 5.16 Å². The van der Waals surface area contributed by atoms with Gasteiger partial charge in [-0.3, -0.25) is 4.79 Å². The zero-order valence-corrected chi connectivity index (χ0v) is 20.5. The van der Waals surface area contributed by atoms with E-state index in [1.165, 1.54) is 28.0 Å². The molecule has 0 aliphatic heterocycles. The van der Waals surface area contributed by atoms with E-state index < -0.39 is 5.25 Å². The molecule has 9 heteroatoms. The van der Waals surface area contributed by atoms with Gasteiger partial charge in [-0.05, 0) is 57.4 Å². The first kappa shape index (κ1) is 23.0. The molecule has 2 aliphatic carbocycles. The molecule has 1 saturated carbocycles. The Kier molecular flexibility index (Phi) is 7.05. The van der Waals surface area contributed by atoms with Gasteiger partial charge in [0.2, 0.25) is 5.91 Å². The Morgan fingerprint density at radius 3 is 2.84 bits per heavy atom. The van der Waals surface area contributed by atoms with Crippen molar-refractivity contribution in [2.45, 2.75) is 75.7 Å². The van der Waals surface area contributed by atoms with Gasteiger partial charge in [0, 0.05) is 17.3 Å². The average Bonchev–Trinajstić information content (AvgIpc) is 3.43. The number of rotatable bonds is 9. The number of esters is 1. The van der Waals surface area contributed by atoms with Crippen LogP contribution in [-0.2, 0) is 28.9 Å². The van der Waals surface area contributed by atoms with E-state index in [9.17, 15) is 9.59 Å². The molecule has 0 spiro atoms. The van der Waals surface area contributed by atoms with Gasteiger partial charge in [-0.15, -0.1) is 28.1 Å². The summed E-state index contributed by atoms with van der Waals surface area (Å²) in [6.07, 6.45) is 6.91. The second-order valence-corrected chi connectivity index (χ2v) is 11.0. The number of thiophene rings is 1. The minimum Gasteiger partial charge on any atom is -0.462 e. The van der Waals surface area contributed by atoms with Crippen molar-refractivity contribution in [2.24, 2.45) is 5.92 Å². The number of nitrogens with one attached hydrogen (secondary N) is 1. The molecule has 2 aliphatic rings. The molecule has 1 N–H and O–H groups in total. The monoisotopic (exact) mass is 474 g/mol. The number of thioether (sulfide) groups is 1. The number of anilines is 1. The fraction of sp³-hybridized carbons (Fsp3) is 0.565. The number of ether oxygens (including phenoxy) is 1. The minimum atomic E-state index is -0.400. The predicted molar refractivity (Wildman–Crippen MR) is 128 cm³/mol. The molecule has 0 bridgehead atoms. The predicted octanol–water partition coefficient (Wildman–Crippen LogP) is 4.82. The number of allylic oxidation sites excluding steroid dienone is 1. The number of amides is 1. The van der Waals surface area contributed by atoms with Gasteiger partial charge in [-0.1, -0.05) is 24.8 Å². The Morgan fingerprint density at radius 1 is 1.38 bits per heavy atom. The van der Waals surface area contributed by atoms with Gasteiger partial charge >= 0.3 is 5.97 Å². The van der Waals surface area contributed by atoms with Crippen molar-refractivity contribution in [1.82, 2.24) is 14.8 Å². The second kappa shape index (κ2) is 9.79. The Hall–Kier alpha value is -2.13. The molecule has 0 saturated heterocycles. The quantitative estimate of drug-likeness (QED) is 0.318. The normalized spacial score (nSPS) is 18.7. The zero-order chi connectivity index (χ0) is 22.8. The molecule has 0 aromatic carbocycles. The SMILES string of the molecule is C=CCn1c(SC(C)C(=O)Nc2sc3c(c2C(=O)OCC)CCC(C)C3)nnc1C1CC1. The maximum absolute atomic E-state index is 13.1. The van der Waals surface area contributed by atoms with Crippen LogP contribution in [0.3, 0.4) is 0 Å². The molecule has 2 unspecified atom stereocenters. The first-order valence-corrected chi connectivity index (χ1v) is 13.0. The van der Waals surface area contributed by atoms with Crippen molar-refractivity contribution >= 4 is 40.0 Å². The fourth-order valence-electron chi connectivity index (χ4n) is 4.01. The largest absolute Gasteiger partial charge is 0.462 e. The molecule has 1 amide bonds. The summed E-state index contributed by atoms with van der Waals surface area (Å²) in [6, 6.07) is 0. The topological polar surface area (TPSA) is 86.1 Å². The van der Waals surface area contributed by atoms with Crippen LogP contribution in [0.1, 0.15) is 72.6 Å². The molecule has 1 fully saturated rings. The standard InChI is InChI=1S/C23H30N4O3S2/c1-5-11-27-19(15-8-9-15)25-26-23(27)31-14(4)20(28)24-21-18(22(29)30-6-2)16-10-7-13(3)12-17(16)32-21/h5,13-15H,1,6-12H2,2-4H3,(H,24,28). The number of hydrogen-bond donors (Lipinski definition) is 1. The Labute approximate surface area is 197 Å². The Morgan fingerprint density at radius 2 is 2.16 bits per heavy atom. The first-order chi connectivity index (χ1) is 15.4. The summed E-state index contributed by atoms with van der Waals surface area (Å²) < 4.78 is 7.36. The molecule has 172 valence electrons. The van der Waals surface area contributed by atoms with Crippen molar-refractivity contribution in [3.05, 3.63) is 34.5 Å². The third-order valence-electron chi connectivity index (χ3n) is 5.88. The highest BCUT2D eigenvalue weighted by molar-refractivity contribution is 8.00. The summed E-state index contributed by atoms with van der Waals surface area (Å²) in [5.74, 6) is 1.51. The lowest BCUT2D eigenvalue weighted by Crippen LogP contribution is -2.24. The molecular formula is C23H30N4O3S2. The Balaban J connectivity index is 1.52.